The van der Waals surface area contributed by atoms with Crippen molar-refractivity contribution >= 4 is 39.3 Å². The maximum Gasteiger partial charge on any atom is 0.296 e. The molecule has 2 aromatic heterocycles. The van der Waals surface area contributed by atoms with Crippen molar-refractivity contribution in [1.29, 1.82) is 0 Å². The molecule has 0 saturated carbocycles. The number of benzene rings is 2. The lowest BCUT2D eigenvalue weighted by atomic mass is 9.99. The van der Waals surface area contributed by atoms with Crippen LogP contribution in [0.1, 0.15) is 42.6 Å². The van der Waals surface area contributed by atoms with Gasteiger partial charge in [0.05, 0.1) is 17.8 Å². The zero-order valence-corrected chi connectivity index (χ0v) is 22.6. The van der Waals surface area contributed by atoms with Gasteiger partial charge in [-0.25, -0.2) is 0 Å². The molecule has 0 atom stereocenters. The Balaban J connectivity index is 1.45. The monoisotopic (exact) mass is 533 g/mol. The van der Waals surface area contributed by atoms with Gasteiger partial charge in [-0.05, 0) is 63.0 Å². The summed E-state index contributed by atoms with van der Waals surface area (Å²) in [6, 6.07) is 13.4. The lowest BCUT2D eigenvalue weighted by molar-refractivity contribution is 0.0585. The molecule has 2 aliphatic rings. The largest absolute Gasteiger partial charge is 0.495 e. The van der Waals surface area contributed by atoms with Gasteiger partial charge in [0.25, 0.3) is 11.5 Å². The number of halogens is 1. The second kappa shape index (κ2) is 10.1. The first kappa shape index (κ1) is 24.9. The zero-order chi connectivity index (χ0) is 26.4. The number of methoxy groups -OCH3 is 1. The van der Waals surface area contributed by atoms with Crippen molar-refractivity contribution in [3.63, 3.8) is 0 Å². The average Bonchev–Trinajstić information content (AvgIpc) is 3.26. The van der Waals surface area contributed by atoms with Crippen LogP contribution in [0.4, 0.5) is 0 Å². The number of para-hydroxylation sites is 1. The number of hydrogen-bond acceptors (Lipinski definition) is 5. The molecule has 2 fully saturated rings. The molecule has 1 amide bonds. The quantitative estimate of drug-likeness (QED) is 0.382. The van der Waals surface area contributed by atoms with E-state index in [0.29, 0.717) is 52.2 Å². The van der Waals surface area contributed by atoms with Gasteiger partial charge in [-0.1, -0.05) is 36.2 Å². The number of hydrogen-bond donors (Lipinski definition) is 0. The van der Waals surface area contributed by atoms with Crippen LogP contribution in [0.25, 0.3) is 27.5 Å². The number of aryl methyl sites for hydroxylation is 1. The first-order valence-electron chi connectivity index (χ1n) is 13.4. The summed E-state index contributed by atoms with van der Waals surface area (Å²) in [7, 11) is 3.40. The summed E-state index contributed by atoms with van der Waals surface area (Å²) in [4.78, 5) is 32.4. The van der Waals surface area contributed by atoms with Gasteiger partial charge < -0.3 is 19.1 Å². The van der Waals surface area contributed by atoms with Gasteiger partial charge in [0.1, 0.15) is 11.3 Å². The summed E-state index contributed by atoms with van der Waals surface area (Å²) in [6.45, 7) is 3.68. The molecule has 198 valence electrons. The Labute approximate surface area is 226 Å². The van der Waals surface area contributed by atoms with Crippen molar-refractivity contribution in [3.05, 3.63) is 63.5 Å². The fraction of sp³-hybridized carbons (Fsp3) is 0.414. The minimum absolute atomic E-state index is 0.142. The number of rotatable bonds is 4. The van der Waals surface area contributed by atoms with E-state index in [9.17, 15) is 9.59 Å². The lowest BCUT2D eigenvalue weighted by Crippen LogP contribution is -2.48. The van der Waals surface area contributed by atoms with Crippen LogP contribution in [-0.2, 0) is 7.05 Å². The number of aromatic nitrogens is 3. The van der Waals surface area contributed by atoms with Crippen LogP contribution in [0.3, 0.4) is 0 Å². The smallest absolute Gasteiger partial charge is 0.296 e. The second-order valence-corrected chi connectivity index (χ2v) is 10.7. The number of carbonyl (C=O) groups excluding carboxylic acids is 1. The first-order chi connectivity index (χ1) is 18.5. The number of piperidine rings is 2. The van der Waals surface area contributed by atoms with E-state index in [0.717, 1.165) is 36.8 Å². The molecule has 38 heavy (non-hydrogen) atoms. The molecule has 4 heterocycles. The molecule has 2 saturated heterocycles. The molecule has 8 nitrogen and oxygen atoms in total. The third kappa shape index (κ3) is 4.16. The fourth-order valence-corrected chi connectivity index (χ4v) is 6.41. The summed E-state index contributed by atoms with van der Waals surface area (Å²) in [6.07, 6.45) is 5.75. The molecule has 0 bridgehead atoms. The molecule has 9 heteroatoms. The second-order valence-electron chi connectivity index (χ2n) is 10.3. The number of nitrogens with zero attached hydrogens (tertiary/aromatic N) is 5. The highest BCUT2D eigenvalue weighted by Crippen LogP contribution is 2.31. The summed E-state index contributed by atoms with van der Waals surface area (Å²) < 4.78 is 8.43. The Bertz CT molecular complexity index is 1580. The maximum atomic E-state index is 14.1. The minimum atomic E-state index is -0.305. The van der Waals surface area contributed by atoms with Crippen LogP contribution in [0.2, 0.25) is 5.02 Å². The van der Waals surface area contributed by atoms with Gasteiger partial charge in [-0.2, -0.15) is 9.78 Å². The van der Waals surface area contributed by atoms with Gasteiger partial charge >= 0.3 is 0 Å². The number of likely N-dealkylation sites (tertiary alicyclic amines) is 2. The van der Waals surface area contributed by atoms with E-state index in [1.54, 1.807) is 18.2 Å². The number of ether oxygens (including phenoxy) is 1. The molecule has 2 aromatic carbocycles. The topological polar surface area (TPSA) is 72.6 Å². The number of fused-ring (bicyclic) bond motifs is 3. The first-order valence-corrected chi connectivity index (χ1v) is 13.7. The van der Waals surface area contributed by atoms with Crippen molar-refractivity contribution in [2.45, 2.75) is 38.1 Å². The SMILES string of the molecule is COc1ccc(-n2nc(C(=O)N3CCC(N4CCCCC4)CC3)c3c4ccccc4n(C)c3c2=O)cc1Cl. The van der Waals surface area contributed by atoms with Crippen molar-refractivity contribution in [1.82, 2.24) is 24.1 Å². The van der Waals surface area contributed by atoms with Gasteiger partial charge in [0, 0.05) is 42.5 Å². The maximum absolute atomic E-state index is 14.1. The average molecular weight is 534 g/mol. The van der Waals surface area contributed by atoms with Crippen molar-refractivity contribution < 1.29 is 9.53 Å². The lowest BCUT2D eigenvalue weighted by Gasteiger charge is -2.40. The van der Waals surface area contributed by atoms with Gasteiger partial charge in [0.2, 0.25) is 0 Å². The molecule has 4 aromatic rings. The molecular weight excluding hydrogens is 502 g/mol. The van der Waals surface area contributed by atoms with E-state index in [1.165, 1.54) is 31.1 Å². The van der Waals surface area contributed by atoms with Crippen LogP contribution in [0.15, 0.2) is 47.3 Å². The summed E-state index contributed by atoms with van der Waals surface area (Å²) in [5, 5.41) is 6.52. The Hall–Kier alpha value is -3.36. The Morgan fingerprint density at radius 3 is 2.47 bits per heavy atom. The van der Waals surface area contributed by atoms with Crippen LogP contribution in [0.5, 0.6) is 5.75 Å². The van der Waals surface area contributed by atoms with E-state index >= 15 is 0 Å². The van der Waals surface area contributed by atoms with Gasteiger partial charge in [-0.3, -0.25) is 9.59 Å². The molecule has 0 N–H and O–H groups in total. The van der Waals surface area contributed by atoms with Gasteiger partial charge in [-0.15, -0.1) is 0 Å². The Kier molecular flexibility index (Phi) is 6.61. The van der Waals surface area contributed by atoms with Crippen LogP contribution in [0, 0.1) is 0 Å². The Morgan fingerprint density at radius 1 is 1.03 bits per heavy atom. The zero-order valence-electron chi connectivity index (χ0n) is 21.8. The van der Waals surface area contributed by atoms with E-state index < -0.39 is 0 Å². The minimum Gasteiger partial charge on any atom is -0.495 e. The fourth-order valence-electron chi connectivity index (χ4n) is 6.16. The third-order valence-electron chi connectivity index (χ3n) is 8.18. The Morgan fingerprint density at radius 2 is 1.76 bits per heavy atom. The van der Waals surface area contributed by atoms with Crippen LogP contribution >= 0.6 is 11.6 Å². The van der Waals surface area contributed by atoms with E-state index in [-0.39, 0.29) is 11.5 Å². The third-order valence-corrected chi connectivity index (χ3v) is 8.48. The highest BCUT2D eigenvalue weighted by Gasteiger charge is 2.31. The van der Waals surface area contributed by atoms with Crippen LogP contribution in [-0.4, -0.2) is 69.4 Å². The highest BCUT2D eigenvalue weighted by molar-refractivity contribution is 6.32. The summed E-state index contributed by atoms with van der Waals surface area (Å²) >= 11 is 6.39. The van der Waals surface area contributed by atoms with Crippen molar-refractivity contribution in [2.24, 2.45) is 7.05 Å². The molecule has 0 aliphatic carbocycles. The molecule has 0 unspecified atom stereocenters. The van der Waals surface area contributed by atoms with Gasteiger partial charge in [0.15, 0.2) is 5.69 Å². The standard InChI is InChI=1S/C29H32ClN5O3/c1-32-23-9-5-4-8-21(23)25-26(28(36)34-16-12-19(13-17-34)33-14-6-3-7-15-33)31-35(29(37)27(25)32)20-10-11-24(38-2)22(30)18-20/h4-5,8-11,18-19H,3,6-7,12-17H2,1-2H3. The van der Waals surface area contributed by atoms with E-state index in [1.807, 2.05) is 40.8 Å². The van der Waals surface area contributed by atoms with Crippen molar-refractivity contribution in [2.75, 3.05) is 33.3 Å². The predicted molar refractivity (Wildman–Crippen MR) is 150 cm³/mol. The molecular formula is C29H32ClN5O3. The molecule has 2 aliphatic heterocycles. The highest BCUT2D eigenvalue weighted by atomic mass is 35.5. The van der Waals surface area contributed by atoms with Crippen LogP contribution < -0.4 is 10.3 Å². The van der Waals surface area contributed by atoms with E-state index in [2.05, 4.69) is 4.90 Å². The molecule has 6 rings (SSSR count). The summed E-state index contributed by atoms with van der Waals surface area (Å²) in [5.74, 6) is 0.360. The predicted octanol–water partition coefficient (Wildman–Crippen LogP) is 4.63. The summed E-state index contributed by atoms with van der Waals surface area (Å²) in [5.41, 5.74) is 1.79. The molecule has 0 spiro atoms. The number of carbonyl (C=O) groups is 1. The van der Waals surface area contributed by atoms with E-state index in [4.69, 9.17) is 21.4 Å². The molecule has 0 radical (unpaired) electrons. The normalized spacial score (nSPS) is 17.4. The van der Waals surface area contributed by atoms with Crippen molar-refractivity contribution in [3.8, 4) is 11.4 Å². The number of amides is 1.